The van der Waals surface area contributed by atoms with Gasteiger partial charge in [-0.05, 0) is 30.3 Å². The van der Waals surface area contributed by atoms with Crippen molar-refractivity contribution < 1.29 is 13.9 Å². The summed E-state index contributed by atoms with van der Waals surface area (Å²) in [7, 11) is 1.83. The number of nitrogens with one attached hydrogen (secondary N) is 1. The van der Waals surface area contributed by atoms with Crippen molar-refractivity contribution in [3.8, 4) is 5.75 Å². The monoisotopic (exact) mass is 325 g/mol. The van der Waals surface area contributed by atoms with Gasteiger partial charge in [-0.3, -0.25) is 0 Å². The molecule has 1 aromatic heterocycles. The molecule has 1 fully saturated rings. The highest BCUT2D eigenvalue weighted by Gasteiger charge is 2.16. The first-order valence-corrected chi connectivity index (χ1v) is 8.17. The highest BCUT2D eigenvalue weighted by molar-refractivity contribution is 6.05. The second-order valence-corrected chi connectivity index (χ2v) is 5.99. The fourth-order valence-corrected chi connectivity index (χ4v) is 3.13. The van der Waals surface area contributed by atoms with Gasteiger partial charge < -0.3 is 19.2 Å². The van der Waals surface area contributed by atoms with Crippen molar-refractivity contribution in [3.05, 3.63) is 46.8 Å². The number of benzene rings is 2. The number of anilines is 1. The molecule has 124 valence electrons. The molecule has 0 saturated carbocycles. The Hall–Kier alpha value is -2.53. The van der Waals surface area contributed by atoms with Crippen LogP contribution in [-0.2, 0) is 4.74 Å². The third-order valence-corrected chi connectivity index (χ3v) is 4.45. The van der Waals surface area contributed by atoms with Crippen LogP contribution in [0.15, 0.2) is 45.6 Å². The summed E-state index contributed by atoms with van der Waals surface area (Å²) in [6.07, 6.45) is 1.88. The Kier molecular flexibility index (Phi) is 3.86. The lowest BCUT2D eigenvalue weighted by Gasteiger charge is -2.23. The van der Waals surface area contributed by atoms with Gasteiger partial charge in [-0.25, -0.2) is 4.79 Å². The molecule has 0 radical (unpaired) electrons. The van der Waals surface area contributed by atoms with Gasteiger partial charge in [-0.15, -0.1) is 0 Å². The van der Waals surface area contributed by atoms with E-state index in [9.17, 15) is 4.79 Å². The second kappa shape index (κ2) is 6.17. The predicted octanol–water partition coefficient (Wildman–Crippen LogP) is 3.55. The van der Waals surface area contributed by atoms with Gasteiger partial charge in [0.25, 0.3) is 0 Å². The van der Waals surface area contributed by atoms with Crippen LogP contribution >= 0.6 is 0 Å². The van der Waals surface area contributed by atoms with Crippen molar-refractivity contribution in [1.82, 2.24) is 0 Å². The molecular weight excluding hydrogens is 306 g/mol. The van der Waals surface area contributed by atoms with Gasteiger partial charge in [0.15, 0.2) is 0 Å². The molecule has 5 nitrogen and oxygen atoms in total. The Bertz CT molecular complexity index is 941. The lowest BCUT2D eigenvalue weighted by Crippen LogP contribution is -2.25. The topological polar surface area (TPSA) is 60.7 Å². The predicted molar refractivity (Wildman–Crippen MR) is 94.0 cm³/mol. The smallest absolute Gasteiger partial charge is 0.344 e. The molecule has 5 heteroatoms. The second-order valence-electron chi connectivity index (χ2n) is 5.99. The third-order valence-electron chi connectivity index (χ3n) is 4.45. The summed E-state index contributed by atoms with van der Waals surface area (Å²) < 4.78 is 16.8. The maximum absolute atomic E-state index is 12.4. The van der Waals surface area contributed by atoms with Gasteiger partial charge >= 0.3 is 5.63 Å². The summed E-state index contributed by atoms with van der Waals surface area (Å²) in [5.41, 5.74) is 1.14. The minimum absolute atomic E-state index is 0.141. The first-order chi connectivity index (χ1) is 11.7. The molecule has 3 aromatic rings. The van der Waals surface area contributed by atoms with Crippen LogP contribution in [0.1, 0.15) is 12.8 Å². The molecule has 0 spiro atoms. The van der Waals surface area contributed by atoms with E-state index >= 15 is 0 Å². The van der Waals surface area contributed by atoms with E-state index in [1.165, 1.54) is 0 Å². The Balaban J connectivity index is 1.77. The van der Waals surface area contributed by atoms with Crippen LogP contribution in [0.5, 0.6) is 5.75 Å². The van der Waals surface area contributed by atoms with Gasteiger partial charge in [0.05, 0.1) is 18.6 Å². The molecule has 1 N–H and O–H groups in total. The number of rotatable bonds is 3. The quantitative estimate of drug-likeness (QED) is 0.589. The fraction of sp³-hybridized carbons (Fsp3) is 0.316. The number of hydrogen-bond acceptors (Lipinski definition) is 5. The standard InChI is InChI=1S/C19H19NO4/c1-20-12-2-4-16-15-5-3-14(23-13-6-8-22-9-7-13)11-17(15)19(21)24-18(16)10-12/h2-5,10-11,13,20H,6-9H2,1H3. The van der Waals surface area contributed by atoms with E-state index in [0.717, 1.165) is 42.5 Å². The van der Waals surface area contributed by atoms with E-state index in [1.807, 2.05) is 37.4 Å². The fourth-order valence-electron chi connectivity index (χ4n) is 3.13. The van der Waals surface area contributed by atoms with E-state index in [2.05, 4.69) is 5.32 Å². The summed E-state index contributed by atoms with van der Waals surface area (Å²) in [5.74, 6) is 0.702. The third kappa shape index (κ3) is 2.71. The molecule has 24 heavy (non-hydrogen) atoms. The zero-order valence-electron chi connectivity index (χ0n) is 13.5. The summed E-state index contributed by atoms with van der Waals surface area (Å²) >= 11 is 0. The minimum Gasteiger partial charge on any atom is -0.490 e. The lowest BCUT2D eigenvalue weighted by atomic mass is 10.1. The average molecular weight is 325 g/mol. The molecule has 1 aliphatic rings. The Morgan fingerprint density at radius 1 is 1.04 bits per heavy atom. The van der Waals surface area contributed by atoms with Crippen molar-refractivity contribution in [2.75, 3.05) is 25.6 Å². The molecule has 0 atom stereocenters. The van der Waals surface area contributed by atoms with Crippen molar-refractivity contribution in [3.63, 3.8) is 0 Å². The van der Waals surface area contributed by atoms with Gasteiger partial charge in [0.2, 0.25) is 0 Å². The zero-order valence-corrected chi connectivity index (χ0v) is 13.5. The van der Waals surface area contributed by atoms with Gasteiger partial charge in [-0.1, -0.05) is 0 Å². The summed E-state index contributed by atoms with van der Waals surface area (Å²) in [6.45, 7) is 1.44. The lowest BCUT2D eigenvalue weighted by molar-refractivity contribution is 0.0256. The SMILES string of the molecule is CNc1ccc2c(c1)oc(=O)c1cc(OC3CCOCC3)ccc12. The average Bonchev–Trinajstić information content (AvgIpc) is 2.62. The summed E-state index contributed by atoms with van der Waals surface area (Å²) in [6, 6.07) is 11.4. The largest absolute Gasteiger partial charge is 0.490 e. The van der Waals surface area contributed by atoms with Crippen molar-refractivity contribution in [1.29, 1.82) is 0 Å². The van der Waals surface area contributed by atoms with Crippen LogP contribution in [0.25, 0.3) is 21.7 Å². The van der Waals surface area contributed by atoms with Crippen molar-refractivity contribution in [2.45, 2.75) is 18.9 Å². The van der Waals surface area contributed by atoms with E-state index in [0.29, 0.717) is 16.7 Å². The first kappa shape index (κ1) is 15.0. The maximum atomic E-state index is 12.4. The highest BCUT2D eigenvalue weighted by Crippen LogP contribution is 2.28. The van der Waals surface area contributed by atoms with Crippen LogP contribution < -0.4 is 15.7 Å². The van der Waals surface area contributed by atoms with Gasteiger partial charge in [-0.2, -0.15) is 0 Å². The maximum Gasteiger partial charge on any atom is 0.344 e. The van der Waals surface area contributed by atoms with E-state index in [4.69, 9.17) is 13.9 Å². The first-order valence-electron chi connectivity index (χ1n) is 8.17. The molecule has 0 bridgehead atoms. The molecule has 0 unspecified atom stereocenters. The highest BCUT2D eigenvalue weighted by atomic mass is 16.5. The van der Waals surface area contributed by atoms with Crippen molar-refractivity contribution in [2.24, 2.45) is 0 Å². The summed E-state index contributed by atoms with van der Waals surface area (Å²) in [5, 5.41) is 5.39. The van der Waals surface area contributed by atoms with Crippen LogP contribution in [0, 0.1) is 0 Å². The zero-order chi connectivity index (χ0) is 16.5. The van der Waals surface area contributed by atoms with E-state index in [1.54, 1.807) is 6.07 Å². The van der Waals surface area contributed by atoms with Gasteiger partial charge in [0, 0.05) is 42.4 Å². The van der Waals surface area contributed by atoms with E-state index < -0.39 is 0 Å². The normalized spacial score (nSPS) is 15.7. The Morgan fingerprint density at radius 3 is 2.62 bits per heavy atom. The Morgan fingerprint density at radius 2 is 1.83 bits per heavy atom. The summed E-state index contributed by atoms with van der Waals surface area (Å²) in [4.78, 5) is 12.4. The molecule has 2 aromatic carbocycles. The molecular formula is C19H19NO4. The van der Waals surface area contributed by atoms with Crippen LogP contribution in [0.3, 0.4) is 0 Å². The van der Waals surface area contributed by atoms with Gasteiger partial charge in [0.1, 0.15) is 17.4 Å². The minimum atomic E-state index is -0.344. The molecule has 4 rings (SSSR count). The molecule has 1 aliphatic heterocycles. The Labute approximate surface area is 139 Å². The molecule has 2 heterocycles. The molecule has 0 amide bonds. The van der Waals surface area contributed by atoms with Crippen molar-refractivity contribution >= 4 is 27.4 Å². The van der Waals surface area contributed by atoms with Crippen LogP contribution in [0.2, 0.25) is 0 Å². The number of ether oxygens (including phenoxy) is 2. The van der Waals surface area contributed by atoms with Crippen LogP contribution in [-0.4, -0.2) is 26.4 Å². The molecule has 1 saturated heterocycles. The molecule has 0 aliphatic carbocycles. The van der Waals surface area contributed by atoms with E-state index in [-0.39, 0.29) is 11.7 Å². The number of hydrogen-bond donors (Lipinski definition) is 1. The number of fused-ring (bicyclic) bond motifs is 3. The van der Waals surface area contributed by atoms with Crippen LogP contribution in [0.4, 0.5) is 5.69 Å².